The summed E-state index contributed by atoms with van der Waals surface area (Å²) < 4.78 is 5.86. The molecular weight excluding hydrogens is 224 g/mol. The van der Waals surface area contributed by atoms with Crippen LogP contribution in [-0.4, -0.2) is 20.3 Å². The zero-order chi connectivity index (χ0) is 12.5. The lowest BCUT2D eigenvalue weighted by atomic mass is 10.1. The van der Waals surface area contributed by atoms with Gasteiger partial charge in [0.2, 0.25) is 0 Å². The molecule has 1 aromatic rings. The van der Waals surface area contributed by atoms with Gasteiger partial charge in [0.1, 0.15) is 0 Å². The van der Waals surface area contributed by atoms with Crippen LogP contribution in [0.15, 0.2) is 30.3 Å². The Balaban J connectivity index is 1.77. The van der Waals surface area contributed by atoms with Crippen molar-refractivity contribution in [1.82, 2.24) is 0 Å². The van der Waals surface area contributed by atoms with Crippen molar-refractivity contribution in [3.63, 3.8) is 0 Å². The van der Waals surface area contributed by atoms with Crippen LogP contribution in [0.3, 0.4) is 0 Å². The summed E-state index contributed by atoms with van der Waals surface area (Å²) in [6.07, 6.45) is 3.41. The van der Waals surface area contributed by atoms with E-state index in [1.54, 1.807) is 0 Å². The fourth-order valence-electron chi connectivity index (χ4n) is 2.28. The highest BCUT2D eigenvalue weighted by Crippen LogP contribution is 2.41. The van der Waals surface area contributed by atoms with Crippen molar-refractivity contribution >= 4 is 8.07 Å². The van der Waals surface area contributed by atoms with E-state index in [9.17, 15) is 0 Å². The number of rotatable bonds is 5. The molecule has 1 fully saturated rings. The molecule has 0 spiro atoms. The topological polar surface area (TPSA) is 12.5 Å². The number of benzene rings is 1. The third-order valence-corrected chi connectivity index (χ3v) is 7.10. The summed E-state index contributed by atoms with van der Waals surface area (Å²) in [5.74, 6) is 0. The maximum Gasteiger partial charge on any atom is 0.0844 e. The first-order chi connectivity index (χ1) is 7.98. The lowest BCUT2D eigenvalue weighted by Crippen LogP contribution is -2.30. The Labute approximate surface area is 106 Å². The van der Waals surface area contributed by atoms with Gasteiger partial charge in [0, 0.05) is 0 Å². The molecule has 1 aromatic carbocycles. The van der Waals surface area contributed by atoms with Crippen LogP contribution in [0.2, 0.25) is 25.2 Å². The van der Waals surface area contributed by atoms with Gasteiger partial charge < -0.3 is 4.74 Å². The molecule has 0 aliphatic carbocycles. The molecule has 0 unspecified atom stereocenters. The van der Waals surface area contributed by atoms with E-state index in [1.165, 1.54) is 12.0 Å². The van der Waals surface area contributed by atoms with Crippen LogP contribution in [0.4, 0.5) is 0 Å². The van der Waals surface area contributed by atoms with Gasteiger partial charge in [-0.3, -0.25) is 0 Å². The van der Waals surface area contributed by atoms with Crippen LogP contribution in [0, 0.1) is 0 Å². The number of epoxide rings is 1. The number of hydrogen-bond donors (Lipinski definition) is 0. The van der Waals surface area contributed by atoms with E-state index < -0.39 is 8.07 Å². The molecule has 94 valence electrons. The Morgan fingerprint density at radius 2 is 1.82 bits per heavy atom. The zero-order valence-corrected chi connectivity index (χ0v) is 12.4. The summed E-state index contributed by atoms with van der Waals surface area (Å²) in [7, 11) is -1.04. The first-order valence-corrected chi connectivity index (χ1v) is 10.3. The first kappa shape index (κ1) is 12.8. The number of aryl methyl sites for hydroxylation is 1. The lowest BCUT2D eigenvalue weighted by Gasteiger charge is -2.23. The average molecular weight is 248 g/mol. The molecule has 1 heterocycles. The van der Waals surface area contributed by atoms with E-state index in [0.29, 0.717) is 12.2 Å². The second-order valence-corrected chi connectivity index (χ2v) is 12.0. The summed E-state index contributed by atoms with van der Waals surface area (Å²) in [5.41, 5.74) is 2.21. The third-order valence-electron chi connectivity index (χ3n) is 4.04. The zero-order valence-electron chi connectivity index (χ0n) is 11.4. The van der Waals surface area contributed by atoms with Crippen LogP contribution in [-0.2, 0) is 11.2 Å². The summed E-state index contributed by atoms with van der Waals surface area (Å²) in [6, 6.07) is 10.7. The molecule has 2 rings (SSSR count). The van der Waals surface area contributed by atoms with Gasteiger partial charge in [-0.25, -0.2) is 0 Å². The normalized spacial score (nSPS) is 25.6. The van der Waals surface area contributed by atoms with Gasteiger partial charge >= 0.3 is 0 Å². The largest absolute Gasteiger partial charge is 0.370 e. The standard InChI is InChI=1S/C15H24OSi/c1-12(17(2,3)4)15-14(16-15)11-10-13-8-6-5-7-9-13/h5-9,12,14-15H,10-11H2,1-4H3/t12-,14-,15-/m0/s1. The maximum atomic E-state index is 5.86. The van der Waals surface area contributed by atoms with Crippen LogP contribution in [0.5, 0.6) is 0 Å². The van der Waals surface area contributed by atoms with Crippen molar-refractivity contribution in [2.24, 2.45) is 0 Å². The minimum absolute atomic E-state index is 0.525. The summed E-state index contributed by atoms with van der Waals surface area (Å²) in [6.45, 7) is 9.69. The van der Waals surface area contributed by atoms with Crippen LogP contribution < -0.4 is 0 Å². The Morgan fingerprint density at radius 3 is 2.41 bits per heavy atom. The highest BCUT2D eigenvalue weighted by atomic mass is 28.3. The van der Waals surface area contributed by atoms with E-state index in [1.807, 2.05) is 0 Å². The minimum Gasteiger partial charge on any atom is -0.370 e. The van der Waals surface area contributed by atoms with E-state index >= 15 is 0 Å². The fourth-order valence-corrected chi connectivity index (χ4v) is 3.55. The highest BCUT2D eigenvalue weighted by Gasteiger charge is 2.46. The van der Waals surface area contributed by atoms with E-state index in [2.05, 4.69) is 56.9 Å². The monoisotopic (exact) mass is 248 g/mol. The van der Waals surface area contributed by atoms with Crippen LogP contribution in [0.25, 0.3) is 0 Å². The van der Waals surface area contributed by atoms with Gasteiger partial charge in [-0.15, -0.1) is 0 Å². The van der Waals surface area contributed by atoms with E-state index in [0.717, 1.165) is 12.0 Å². The Bertz CT molecular complexity index is 355. The molecule has 0 amide bonds. The van der Waals surface area contributed by atoms with Crippen molar-refractivity contribution in [1.29, 1.82) is 0 Å². The molecule has 0 aromatic heterocycles. The summed E-state index contributed by atoms with van der Waals surface area (Å²) >= 11 is 0. The lowest BCUT2D eigenvalue weighted by molar-refractivity contribution is 0.358. The van der Waals surface area contributed by atoms with Crippen molar-refractivity contribution < 1.29 is 4.74 Å². The van der Waals surface area contributed by atoms with E-state index in [-0.39, 0.29) is 0 Å². The number of hydrogen-bond acceptors (Lipinski definition) is 1. The SMILES string of the molecule is C[C@@H]([C@@H]1O[C@H]1CCc1ccccc1)[Si](C)(C)C. The summed E-state index contributed by atoms with van der Waals surface area (Å²) in [5, 5.41) is 0. The minimum atomic E-state index is -1.04. The van der Waals surface area contributed by atoms with Gasteiger partial charge in [0.25, 0.3) is 0 Å². The van der Waals surface area contributed by atoms with Crippen molar-refractivity contribution in [2.75, 3.05) is 0 Å². The molecule has 1 aliphatic heterocycles. The highest BCUT2D eigenvalue weighted by molar-refractivity contribution is 6.77. The van der Waals surface area contributed by atoms with Crippen LogP contribution >= 0.6 is 0 Å². The Hall–Kier alpha value is -0.603. The predicted octanol–water partition coefficient (Wildman–Crippen LogP) is 4.11. The van der Waals surface area contributed by atoms with Crippen molar-refractivity contribution in [3.8, 4) is 0 Å². The third kappa shape index (κ3) is 3.43. The van der Waals surface area contributed by atoms with Crippen molar-refractivity contribution in [2.45, 2.75) is 57.2 Å². The molecular formula is C15H24OSi. The molecule has 1 saturated heterocycles. The molecule has 0 N–H and O–H groups in total. The molecule has 0 radical (unpaired) electrons. The van der Waals surface area contributed by atoms with Gasteiger partial charge in [0.15, 0.2) is 0 Å². The average Bonchev–Trinajstić information content (AvgIpc) is 3.05. The molecule has 3 atom stereocenters. The maximum absolute atomic E-state index is 5.86. The van der Waals surface area contributed by atoms with Gasteiger partial charge in [-0.2, -0.15) is 0 Å². The Kier molecular flexibility index (Phi) is 3.74. The second kappa shape index (κ2) is 4.95. The predicted molar refractivity (Wildman–Crippen MR) is 76.2 cm³/mol. The summed E-state index contributed by atoms with van der Waals surface area (Å²) in [4.78, 5) is 0. The van der Waals surface area contributed by atoms with Gasteiger partial charge in [-0.05, 0) is 23.9 Å². The molecule has 2 heteroatoms. The molecule has 1 aliphatic rings. The molecule has 17 heavy (non-hydrogen) atoms. The molecule has 0 bridgehead atoms. The quantitative estimate of drug-likeness (QED) is 0.564. The second-order valence-electron chi connectivity index (χ2n) is 6.32. The van der Waals surface area contributed by atoms with Gasteiger partial charge in [-0.1, -0.05) is 56.9 Å². The Morgan fingerprint density at radius 1 is 1.18 bits per heavy atom. The number of ether oxygens (including phenoxy) is 1. The molecule has 0 saturated carbocycles. The van der Waals surface area contributed by atoms with Gasteiger partial charge in [0.05, 0.1) is 20.3 Å². The fraction of sp³-hybridized carbons (Fsp3) is 0.600. The van der Waals surface area contributed by atoms with Crippen molar-refractivity contribution in [3.05, 3.63) is 35.9 Å². The smallest absolute Gasteiger partial charge is 0.0844 e. The van der Waals surface area contributed by atoms with E-state index in [4.69, 9.17) is 4.74 Å². The first-order valence-electron chi connectivity index (χ1n) is 6.68. The molecule has 1 nitrogen and oxygen atoms in total. The van der Waals surface area contributed by atoms with Crippen LogP contribution in [0.1, 0.15) is 18.9 Å².